The topological polar surface area (TPSA) is 0 Å². The fourth-order valence-corrected chi connectivity index (χ4v) is 11.7. The molecule has 4 rings (SSSR count). The zero-order chi connectivity index (χ0) is 20.0. The van der Waals surface area contributed by atoms with Crippen molar-refractivity contribution < 1.29 is 20.8 Å². The Balaban J connectivity index is 0.000000478. The van der Waals surface area contributed by atoms with Crippen LogP contribution >= 0.6 is 17.0 Å². The molecule has 0 aromatic rings. The molecule has 0 bridgehead atoms. The Morgan fingerprint density at radius 3 is 2.04 bits per heavy atom. The molecule has 0 N–H and O–H groups in total. The molecular weight excluding hydrogens is 466 g/mol. The molecule has 0 aromatic carbocycles. The number of rotatable bonds is 2. The summed E-state index contributed by atoms with van der Waals surface area (Å²) in [5, 5.41) is 0. The summed E-state index contributed by atoms with van der Waals surface area (Å²) in [5.41, 5.74) is 1.86. The fraction of sp³-hybridized carbons (Fsp3) is 0.565. The molecule has 4 aliphatic rings. The van der Waals surface area contributed by atoms with Crippen molar-refractivity contribution in [3.8, 4) is 0 Å². The van der Waals surface area contributed by atoms with Gasteiger partial charge in [-0.05, 0) is 35.6 Å². The third-order valence-corrected chi connectivity index (χ3v) is 12.2. The normalized spacial score (nSPS) is 36.1. The molecule has 0 saturated heterocycles. The Bertz CT molecular complexity index is 581. The van der Waals surface area contributed by atoms with Crippen LogP contribution in [0.2, 0.25) is 24.2 Å². The van der Waals surface area contributed by atoms with Gasteiger partial charge in [0.1, 0.15) is 0 Å². The predicted molar refractivity (Wildman–Crippen MR) is 121 cm³/mol. The second-order valence-electron chi connectivity index (χ2n) is 8.63. The van der Waals surface area contributed by atoms with Gasteiger partial charge in [0.05, 0.1) is 0 Å². The Morgan fingerprint density at radius 1 is 0.889 bits per heavy atom. The average Bonchev–Trinajstić information content (AvgIpc) is 3.24. The van der Waals surface area contributed by atoms with Crippen molar-refractivity contribution in [1.29, 1.82) is 0 Å². The third kappa shape index (κ3) is 5.22. The van der Waals surface area contributed by atoms with Crippen LogP contribution in [0.5, 0.6) is 0 Å². The zero-order valence-electron chi connectivity index (χ0n) is 17.2. The van der Waals surface area contributed by atoms with E-state index in [1.165, 1.54) is 19.3 Å². The monoisotopic (exact) mass is 498 g/mol. The van der Waals surface area contributed by atoms with E-state index in [9.17, 15) is 0 Å². The molecule has 0 nitrogen and oxygen atoms in total. The fourth-order valence-electron chi connectivity index (χ4n) is 6.25. The summed E-state index contributed by atoms with van der Waals surface area (Å²) in [6, 6.07) is 0. The van der Waals surface area contributed by atoms with E-state index in [1.807, 2.05) is 5.92 Å². The van der Waals surface area contributed by atoms with Gasteiger partial charge in [0.2, 0.25) is 0 Å². The predicted octanol–water partition coefficient (Wildman–Crippen LogP) is 8.16. The maximum absolute atomic E-state index is 4.93. The molecule has 0 spiro atoms. The van der Waals surface area contributed by atoms with E-state index in [4.69, 9.17) is 17.0 Å². The van der Waals surface area contributed by atoms with E-state index < -0.39 is 28.9 Å². The average molecular weight is 501 g/mol. The van der Waals surface area contributed by atoms with Crippen LogP contribution in [-0.4, -0.2) is 8.07 Å². The second kappa shape index (κ2) is 11.1. The maximum atomic E-state index is 4.93. The molecule has 148 valence electrons. The standard InChI is InChI=1S/C21H29Si.C2H5.2ClH.Zr/c1-15-14-17-9-5-7-11-19(17)21(15)22(2,3)20-13-12-16-8-4-6-10-18(16)20;1-2;;;/h4-11,16-21H,12-14H2,1-3H3;1H2,2H3;2*1H;/q2*-1;;;+4/p-2/t16?,17?,18?,19?,20-,21-;;;;/m0..../s1. The molecule has 27 heavy (non-hydrogen) atoms. The van der Waals surface area contributed by atoms with E-state index in [0.717, 1.165) is 34.8 Å². The van der Waals surface area contributed by atoms with E-state index in [2.05, 4.69) is 75.5 Å². The van der Waals surface area contributed by atoms with Crippen molar-refractivity contribution in [2.24, 2.45) is 23.7 Å². The Labute approximate surface area is 187 Å². The van der Waals surface area contributed by atoms with Gasteiger partial charge in [-0.15, -0.1) is 0 Å². The van der Waals surface area contributed by atoms with Gasteiger partial charge in [0, 0.05) is 8.07 Å². The first kappa shape index (κ1) is 23.9. The first-order valence-electron chi connectivity index (χ1n) is 10.2. The van der Waals surface area contributed by atoms with Gasteiger partial charge in [-0.1, -0.05) is 68.1 Å². The van der Waals surface area contributed by atoms with Gasteiger partial charge >= 0.3 is 37.9 Å². The SMILES string of the molecule is C[C-]1CC2C=CC=CC2[C@H]1[Si](C)(C)[C@H]1CCC2C=CC=CC21.[CH2-]C.[Cl][Zr+2][Cl]. The van der Waals surface area contributed by atoms with Crippen molar-refractivity contribution in [1.82, 2.24) is 0 Å². The summed E-state index contributed by atoms with van der Waals surface area (Å²) >= 11 is -0.826. The van der Waals surface area contributed by atoms with E-state index in [0.29, 0.717) is 0 Å². The second-order valence-corrected chi connectivity index (χ2v) is 17.4. The molecule has 2 saturated carbocycles. The van der Waals surface area contributed by atoms with E-state index >= 15 is 0 Å². The molecule has 2 fully saturated rings. The molecule has 0 aromatic heterocycles. The quantitative estimate of drug-likeness (QED) is 0.265. The molecule has 4 unspecified atom stereocenters. The molecular formula is C23H34Cl2SiZr. The Hall–Kier alpha value is 0.640. The number of hydrogen-bond acceptors (Lipinski definition) is 0. The minimum atomic E-state index is -1.32. The number of fused-ring (bicyclic) bond motifs is 2. The van der Waals surface area contributed by atoms with Crippen molar-refractivity contribution in [2.75, 3.05) is 0 Å². The van der Waals surface area contributed by atoms with Crippen molar-refractivity contribution in [2.45, 2.75) is 57.3 Å². The van der Waals surface area contributed by atoms with E-state index in [1.54, 1.807) is 6.92 Å². The Kier molecular flexibility index (Phi) is 9.87. The van der Waals surface area contributed by atoms with Crippen molar-refractivity contribution in [3.05, 3.63) is 61.4 Å². The molecule has 0 aliphatic heterocycles. The molecule has 0 radical (unpaired) electrons. The summed E-state index contributed by atoms with van der Waals surface area (Å²) in [7, 11) is 8.54. The minimum absolute atomic E-state index is 0.792. The van der Waals surface area contributed by atoms with Crippen molar-refractivity contribution in [3.63, 3.8) is 0 Å². The van der Waals surface area contributed by atoms with Gasteiger partial charge in [0.15, 0.2) is 0 Å². The van der Waals surface area contributed by atoms with Gasteiger partial charge in [-0.25, -0.2) is 0 Å². The molecule has 4 aliphatic carbocycles. The van der Waals surface area contributed by atoms with Crippen LogP contribution in [0.1, 0.15) is 33.1 Å². The van der Waals surface area contributed by atoms with Gasteiger partial charge in [-0.2, -0.15) is 25.8 Å². The van der Waals surface area contributed by atoms with Crippen LogP contribution in [0.3, 0.4) is 0 Å². The van der Waals surface area contributed by atoms with E-state index in [-0.39, 0.29) is 0 Å². The number of halogens is 2. The summed E-state index contributed by atoms with van der Waals surface area (Å²) in [5.74, 6) is 5.07. The summed E-state index contributed by atoms with van der Waals surface area (Å²) in [4.78, 5) is 0. The van der Waals surface area contributed by atoms with Crippen LogP contribution in [0.15, 0.2) is 48.6 Å². The number of hydrogen-bond donors (Lipinski definition) is 0. The first-order valence-corrected chi connectivity index (χ1v) is 19.7. The first-order chi connectivity index (χ1) is 13.0. The summed E-state index contributed by atoms with van der Waals surface area (Å²) in [6.45, 7) is 12.9. The summed E-state index contributed by atoms with van der Waals surface area (Å²) in [6.07, 6.45) is 23.4. The van der Waals surface area contributed by atoms with Crippen LogP contribution < -0.4 is 0 Å². The van der Waals surface area contributed by atoms with Gasteiger partial charge in [-0.3, -0.25) is 0 Å². The third-order valence-electron chi connectivity index (χ3n) is 7.10. The van der Waals surface area contributed by atoms with Crippen LogP contribution in [0, 0.1) is 36.5 Å². The van der Waals surface area contributed by atoms with Crippen LogP contribution in [0.25, 0.3) is 0 Å². The molecule has 4 heteroatoms. The van der Waals surface area contributed by atoms with Gasteiger partial charge < -0.3 is 12.8 Å². The molecule has 6 atom stereocenters. The van der Waals surface area contributed by atoms with Crippen LogP contribution in [0.4, 0.5) is 0 Å². The van der Waals surface area contributed by atoms with Gasteiger partial charge in [0.25, 0.3) is 0 Å². The number of allylic oxidation sites excluding steroid dienone is 8. The zero-order valence-corrected chi connectivity index (χ0v) is 22.1. The molecule has 0 heterocycles. The van der Waals surface area contributed by atoms with Crippen molar-refractivity contribution >= 4 is 25.1 Å². The Morgan fingerprint density at radius 2 is 1.41 bits per heavy atom. The van der Waals surface area contributed by atoms with Crippen LogP contribution in [-0.2, 0) is 20.8 Å². The molecule has 0 amide bonds. The summed E-state index contributed by atoms with van der Waals surface area (Å²) < 4.78 is 0.